The van der Waals surface area contributed by atoms with Crippen LogP contribution in [0, 0.1) is 17.1 Å². The van der Waals surface area contributed by atoms with Gasteiger partial charge in [-0.15, -0.1) is 6.42 Å². The van der Waals surface area contributed by atoms with Gasteiger partial charge in [-0.3, -0.25) is 18.9 Å². The summed E-state index contributed by atoms with van der Waals surface area (Å²) in [4.78, 5) is 40.0. The molecule has 1 aliphatic rings. The van der Waals surface area contributed by atoms with E-state index in [2.05, 4.69) is 18.6 Å². The van der Waals surface area contributed by atoms with Crippen LogP contribution in [0.25, 0.3) is 0 Å². The van der Waals surface area contributed by atoms with E-state index in [1.807, 2.05) is 5.92 Å². The zero-order valence-corrected chi connectivity index (χ0v) is 15.8. The summed E-state index contributed by atoms with van der Waals surface area (Å²) in [6, 6.07) is 0. The Balaban J connectivity index is 2.45. The van der Waals surface area contributed by atoms with Crippen molar-refractivity contribution < 1.29 is 54.7 Å². The zero-order valence-electron chi connectivity index (χ0n) is 15.2. The normalized spacial score (nSPS) is 31.5. The molecule has 0 amide bonds. The van der Waals surface area contributed by atoms with Crippen molar-refractivity contribution in [2.75, 3.05) is 6.56 Å². The van der Waals surface area contributed by atoms with Gasteiger partial charge in [0.2, 0.25) is 0 Å². The van der Waals surface area contributed by atoms with Gasteiger partial charge in [-0.2, -0.15) is 4.31 Å². The lowest BCUT2D eigenvalue weighted by molar-refractivity contribution is -0.204. The van der Waals surface area contributed by atoms with E-state index in [-0.39, 0.29) is 5.56 Å². The summed E-state index contributed by atoms with van der Waals surface area (Å²) in [6.45, 7) is -4.12. The Morgan fingerprint density at radius 2 is 2.11 bits per heavy atom. The average molecular weight is 464 g/mol. The summed E-state index contributed by atoms with van der Waals surface area (Å²) in [5, 5.41) is 20.1. The van der Waals surface area contributed by atoms with Gasteiger partial charge in [0.1, 0.15) is 24.3 Å². The summed E-state index contributed by atoms with van der Waals surface area (Å²) in [6.07, 6.45) is -1.17. The predicted octanol–water partition coefficient (Wildman–Crippen LogP) is -0.970. The second-order valence-electron chi connectivity index (χ2n) is 5.18. The van der Waals surface area contributed by atoms with Crippen molar-refractivity contribution in [1.82, 2.24) is 9.55 Å². The quantitative estimate of drug-likeness (QED) is 0.171. The third-order valence-electron chi connectivity index (χ3n) is 3.20. The van der Waals surface area contributed by atoms with Crippen molar-refractivity contribution in [1.29, 1.82) is 0 Å². The lowest BCUT2D eigenvalue weighted by atomic mass is 10.1. The monoisotopic (exact) mass is 464 g/mol. The Morgan fingerprint density at radius 1 is 1.50 bits per heavy atom. The molecule has 1 unspecified atom stereocenters. The van der Waals surface area contributed by atoms with Gasteiger partial charge in [-0.05, 0) is 12.2 Å². The lowest BCUT2D eigenvalue weighted by Gasteiger charge is -2.24. The Bertz CT molecular complexity index is 1100. The molecule has 0 radical (unpaired) electrons. The molecule has 1 aromatic rings. The van der Waals surface area contributed by atoms with Crippen LogP contribution in [0.2, 0.25) is 0 Å². The number of phosphoric acid groups is 2. The summed E-state index contributed by atoms with van der Waals surface area (Å²) in [5.74, 6) is -2.15. The highest BCUT2D eigenvalue weighted by Crippen LogP contribution is 2.58. The number of aliphatic hydroxyl groups excluding tert-OH is 2. The molecule has 156 valence electrons. The minimum Gasteiger partial charge on any atom is -0.385 e. The molecule has 0 bridgehead atoms. The molecule has 13 nitrogen and oxygen atoms in total. The molecular formula is C11H13FN2O11P2S. The SMILES string of the molecule is [2H]C([2H])(OP(=O)(O)OP(=O)(O)O)[C@@]1(F)O[C@@H](n2cc(C#C)c(=O)[nH]c2=S)[C@H](O)[C@@H]1O. The number of rotatable bonds is 6. The Labute approximate surface area is 163 Å². The maximum Gasteiger partial charge on any atom is 0.481 e. The number of halogens is 1. The van der Waals surface area contributed by atoms with Gasteiger partial charge in [0, 0.05) is 6.20 Å². The van der Waals surface area contributed by atoms with Crippen molar-refractivity contribution in [2.24, 2.45) is 0 Å². The van der Waals surface area contributed by atoms with Gasteiger partial charge in [0.05, 0.1) is 2.74 Å². The average Bonchev–Trinajstić information content (AvgIpc) is 2.77. The summed E-state index contributed by atoms with van der Waals surface area (Å²) in [5.41, 5.74) is -1.19. The number of aromatic nitrogens is 2. The van der Waals surface area contributed by atoms with Crippen molar-refractivity contribution in [3.8, 4) is 12.3 Å². The van der Waals surface area contributed by atoms with E-state index in [4.69, 9.17) is 31.2 Å². The number of aromatic amines is 1. The lowest BCUT2D eigenvalue weighted by Crippen LogP contribution is -2.42. The third-order valence-corrected chi connectivity index (χ3v) is 5.51. The highest BCUT2D eigenvalue weighted by atomic mass is 32.1. The standard InChI is InChI=1S/C11H13FN2O11P2S/c1-2-5-3-14(10(28)13-8(5)17)9-6(15)7(16)11(12,24-9)4-23-27(21,22)25-26(18,19)20/h1,3,6-7,9,15-16H,4H2,(H,21,22)(H,13,17,28)(H2,18,19,20)/t6-,7+,9-,11-/m1/s1/i4D2. The molecule has 1 fully saturated rings. The van der Waals surface area contributed by atoms with E-state index >= 15 is 4.39 Å². The second-order valence-corrected chi connectivity index (χ2v) is 8.32. The number of phosphoric ester groups is 1. The largest absolute Gasteiger partial charge is 0.481 e. The number of hydrogen-bond donors (Lipinski definition) is 6. The summed E-state index contributed by atoms with van der Waals surface area (Å²) < 4.78 is 64.6. The Morgan fingerprint density at radius 3 is 2.64 bits per heavy atom. The number of hydrogen-bond acceptors (Lipinski definition) is 9. The zero-order chi connectivity index (χ0) is 23.3. The van der Waals surface area contributed by atoms with Gasteiger partial charge in [-0.1, -0.05) is 5.92 Å². The first kappa shape index (κ1) is 20.0. The molecule has 1 aromatic heterocycles. The molecule has 0 spiro atoms. The smallest absolute Gasteiger partial charge is 0.385 e. The van der Waals surface area contributed by atoms with E-state index < -0.39 is 56.8 Å². The Hall–Kier alpha value is -1.27. The highest BCUT2D eigenvalue weighted by molar-refractivity contribution is 7.71. The molecule has 0 saturated carbocycles. The fraction of sp³-hybridized carbons (Fsp3) is 0.455. The van der Waals surface area contributed by atoms with Gasteiger partial charge in [0.15, 0.2) is 11.0 Å². The van der Waals surface area contributed by atoms with Crippen molar-refractivity contribution in [3.63, 3.8) is 0 Å². The molecule has 0 aromatic carbocycles. The molecule has 17 heteroatoms. The second kappa shape index (κ2) is 7.86. The molecule has 5 atom stereocenters. The van der Waals surface area contributed by atoms with Crippen LogP contribution in [0.5, 0.6) is 0 Å². The number of H-pyrrole nitrogens is 1. The van der Waals surface area contributed by atoms with Crippen LogP contribution in [-0.2, 0) is 22.7 Å². The molecule has 6 N–H and O–H groups in total. The summed E-state index contributed by atoms with van der Waals surface area (Å²) >= 11 is 4.82. The maximum absolute atomic E-state index is 15.3. The van der Waals surface area contributed by atoms with Crippen molar-refractivity contribution in [2.45, 2.75) is 24.3 Å². The van der Waals surface area contributed by atoms with E-state index in [1.165, 1.54) is 0 Å². The van der Waals surface area contributed by atoms with E-state index in [0.717, 1.165) is 6.20 Å². The first-order valence-corrected chi connectivity index (χ1v) is 10.2. The minimum absolute atomic E-state index is 0.362. The van der Waals surface area contributed by atoms with Crippen molar-refractivity contribution >= 4 is 27.9 Å². The maximum atomic E-state index is 15.3. The van der Waals surface area contributed by atoms with E-state index in [0.29, 0.717) is 4.57 Å². The molecule has 28 heavy (non-hydrogen) atoms. The molecule has 2 rings (SSSR count). The van der Waals surface area contributed by atoms with Gasteiger partial charge < -0.3 is 29.6 Å². The summed E-state index contributed by atoms with van der Waals surface area (Å²) in [7, 11) is -11.6. The molecule has 2 heterocycles. The van der Waals surface area contributed by atoms with Crippen LogP contribution in [0.1, 0.15) is 14.5 Å². The fourth-order valence-corrected chi connectivity index (χ4v) is 3.74. The fourth-order valence-electron chi connectivity index (χ4n) is 2.04. The number of alkyl halides is 1. The highest BCUT2D eigenvalue weighted by Gasteiger charge is 2.57. The Kier molecular flexibility index (Phi) is 5.62. The number of terminal acetylenes is 1. The van der Waals surface area contributed by atoms with Gasteiger partial charge >= 0.3 is 15.6 Å². The molecule has 1 saturated heterocycles. The van der Waals surface area contributed by atoms with Crippen LogP contribution in [-0.4, -0.2) is 59.1 Å². The van der Waals surface area contributed by atoms with Crippen LogP contribution in [0.15, 0.2) is 11.0 Å². The predicted molar refractivity (Wildman–Crippen MR) is 88.7 cm³/mol. The number of nitrogens with one attached hydrogen (secondary N) is 1. The number of aliphatic hydroxyl groups is 2. The molecule has 1 aliphatic heterocycles. The first-order chi connectivity index (χ1) is 13.4. The van der Waals surface area contributed by atoms with E-state index in [9.17, 15) is 29.0 Å². The molecular weight excluding hydrogens is 449 g/mol. The first-order valence-electron chi connectivity index (χ1n) is 7.79. The van der Waals surface area contributed by atoms with Crippen LogP contribution in [0.3, 0.4) is 0 Å². The van der Waals surface area contributed by atoms with Crippen LogP contribution in [0.4, 0.5) is 4.39 Å². The van der Waals surface area contributed by atoms with Crippen LogP contribution < -0.4 is 5.56 Å². The van der Waals surface area contributed by atoms with Gasteiger partial charge in [-0.25, -0.2) is 13.5 Å². The van der Waals surface area contributed by atoms with Gasteiger partial charge in [0.25, 0.3) is 11.4 Å². The van der Waals surface area contributed by atoms with E-state index in [1.54, 1.807) is 0 Å². The number of nitrogens with zero attached hydrogens (tertiary/aromatic N) is 1. The van der Waals surface area contributed by atoms with Crippen molar-refractivity contribution in [3.05, 3.63) is 26.9 Å². The topological polar surface area (TPSA) is 201 Å². The minimum atomic E-state index is -5.95. The number of ether oxygens (including phenoxy) is 1. The third kappa shape index (κ3) is 5.01. The molecule has 0 aliphatic carbocycles. The van der Waals surface area contributed by atoms with Crippen LogP contribution >= 0.6 is 27.9 Å².